The normalized spacial score (nSPS) is 22.1. The summed E-state index contributed by atoms with van der Waals surface area (Å²) in [6.45, 7) is 9.05. The summed E-state index contributed by atoms with van der Waals surface area (Å²) in [6.07, 6.45) is 1.62. The first-order valence-corrected chi connectivity index (χ1v) is 7.61. The Labute approximate surface area is 127 Å². The molecule has 0 saturated carbocycles. The van der Waals surface area contributed by atoms with Crippen LogP contribution in [0.25, 0.3) is 0 Å². The predicted molar refractivity (Wildman–Crippen MR) is 80.3 cm³/mol. The number of carbonyl (C=O) groups excluding carboxylic acids is 1. The van der Waals surface area contributed by atoms with Crippen LogP contribution in [0, 0.1) is 5.92 Å². The molecule has 0 aliphatic carbocycles. The van der Waals surface area contributed by atoms with Gasteiger partial charge in [-0.15, -0.1) is 0 Å². The fraction of sp³-hybridized carbons (Fsp3) is 0.867. The molecular weight excluding hydrogens is 272 g/mol. The molecule has 21 heavy (non-hydrogen) atoms. The SMILES string of the molecule is CCCN(C(=O)N(C)C(C)(C)CC)C1COCC1C(=O)O. The molecule has 1 aliphatic heterocycles. The van der Waals surface area contributed by atoms with Crippen LogP contribution in [0.5, 0.6) is 0 Å². The van der Waals surface area contributed by atoms with Gasteiger partial charge in [-0.25, -0.2) is 4.79 Å². The molecule has 0 bridgehead atoms. The second-order valence-corrected chi connectivity index (χ2v) is 6.25. The zero-order chi connectivity index (χ0) is 16.2. The molecule has 1 fully saturated rings. The van der Waals surface area contributed by atoms with Crippen molar-refractivity contribution in [3.05, 3.63) is 0 Å². The number of aliphatic carboxylic acids is 1. The number of hydrogen-bond acceptors (Lipinski definition) is 3. The molecule has 0 spiro atoms. The van der Waals surface area contributed by atoms with Crippen molar-refractivity contribution in [3.63, 3.8) is 0 Å². The number of amides is 2. The van der Waals surface area contributed by atoms with E-state index in [1.165, 1.54) is 0 Å². The molecule has 0 aromatic heterocycles. The van der Waals surface area contributed by atoms with Gasteiger partial charge in [-0.05, 0) is 26.7 Å². The van der Waals surface area contributed by atoms with Crippen LogP contribution >= 0.6 is 0 Å². The Morgan fingerprint density at radius 1 is 1.29 bits per heavy atom. The van der Waals surface area contributed by atoms with Gasteiger partial charge in [0.05, 0.1) is 19.3 Å². The van der Waals surface area contributed by atoms with E-state index in [1.807, 2.05) is 27.7 Å². The Balaban J connectivity index is 2.95. The Hall–Kier alpha value is -1.30. The number of ether oxygens (including phenoxy) is 1. The van der Waals surface area contributed by atoms with Crippen LogP contribution in [0.3, 0.4) is 0 Å². The average molecular weight is 300 g/mol. The molecule has 1 N–H and O–H groups in total. The Kier molecular flexibility index (Phi) is 6.01. The van der Waals surface area contributed by atoms with E-state index in [2.05, 4.69) is 0 Å². The second kappa shape index (κ2) is 7.11. The monoisotopic (exact) mass is 300 g/mol. The van der Waals surface area contributed by atoms with Crippen LogP contribution in [0.2, 0.25) is 0 Å². The molecule has 1 heterocycles. The molecule has 6 heteroatoms. The van der Waals surface area contributed by atoms with Crippen molar-refractivity contribution >= 4 is 12.0 Å². The van der Waals surface area contributed by atoms with E-state index in [0.29, 0.717) is 13.2 Å². The molecule has 122 valence electrons. The van der Waals surface area contributed by atoms with E-state index in [0.717, 1.165) is 12.8 Å². The summed E-state index contributed by atoms with van der Waals surface area (Å²) in [4.78, 5) is 27.5. The first kappa shape index (κ1) is 17.8. The zero-order valence-corrected chi connectivity index (χ0v) is 13.8. The van der Waals surface area contributed by atoms with Crippen molar-refractivity contribution in [1.29, 1.82) is 0 Å². The third-order valence-corrected chi connectivity index (χ3v) is 4.54. The van der Waals surface area contributed by atoms with Gasteiger partial charge in [-0.2, -0.15) is 0 Å². The van der Waals surface area contributed by atoms with Crippen LogP contribution in [0.15, 0.2) is 0 Å². The van der Waals surface area contributed by atoms with E-state index < -0.39 is 11.9 Å². The Morgan fingerprint density at radius 2 is 1.90 bits per heavy atom. The minimum atomic E-state index is -0.899. The van der Waals surface area contributed by atoms with Gasteiger partial charge in [0, 0.05) is 19.1 Å². The standard InChI is InChI=1S/C15H28N2O4/c1-6-8-17(12-10-21-9-11(12)13(18)19)14(20)16(5)15(3,4)7-2/h11-12H,6-10H2,1-5H3,(H,18,19). The highest BCUT2D eigenvalue weighted by molar-refractivity contribution is 5.78. The summed E-state index contributed by atoms with van der Waals surface area (Å²) in [6, 6.07) is -0.504. The summed E-state index contributed by atoms with van der Waals surface area (Å²) in [5, 5.41) is 9.30. The van der Waals surface area contributed by atoms with E-state index in [-0.39, 0.29) is 24.2 Å². The number of hydrogen-bond donors (Lipinski definition) is 1. The number of urea groups is 1. The molecule has 2 atom stereocenters. The third-order valence-electron chi connectivity index (χ3n) is 4.54. The van der Waals surface area contributed by atoms with Crippen LogP contribution in [-0.4, -0.2) is 65.3 Å². The van der Waals surface area contributed by atoms with E-state index in [4.69, 9.17) is 4.74 Å². The first-order valence-electron chi connectivity index (χ1n) is 7.61. The lowest BCUT2D eigenvalue weighted by atomic mass is 9.99. The number of carboxylic acids is 1. The van der Waals surface area contributed by atoms with Gasteiger partial charge >= 0.3 is 12.0 Å². The third kappa shape index (κ3) is 3.87. The summed E-state index contributed by atoms with van der Waals surface area (Å²) >= 11 is 0. The highest BCUT2D eigenvalue weighted by Crippen LogP contribution is 2.24. The van der Waals surface area contributed by atoms with Crippen molar-refractivity contribution in [3.8, 4) is 0 Å². The van der Waals surface area contributed by atoms with Gasteiger partial charge < -0.3 is 19.6 Å². The second-order valence-electron chi connectivity index (χ2n) is 6.25. The summed E-state index contributed by atoms with van der Waals surface area (Å²) in [7, 11) is 1.78. The van der Waals surface area contributed by atoms with Gasteiger partial charge in [0.2, 0.25) is 0 Å². The highest BCUT2D eigenvalue weighted by atomic mass is 16.5. The van der Waals surface area contributed by atoms with E-state index in [1.54, 1.807) is 16.8 Å². The van der Waals surface area contributed by atoms with Crippen molar-refractivity contribution in [2.24, 2.45) is 5.92 Å². The maximum absolute atomic E-state index is 12.8. The summed E-state index contributed by atoms with van der Waals surface area (Å²) in [5.41, 5.74) is -0.263. The topological polar surface area (TPSA) is 70.1 Å². The lowest BCUT2D eigenvalue weighted by Crippen LogP contribution is -2.56. The fourth-order valence-corrected chi connectivity index (χ4v) is 2.42. The molecule has 0 aromatic carbocycles. The number of nitrogens with zero attached hydrogens (tertiary/aromatic N) is 2. The Morgan fingerprint density at radius 3 is 2.38 bits per heavy atom. The van der Waals surface area contributed by atoms with Crippen molar-refractivity contribution < 1.29 is 19.4 Å². The first-order chi connectivity index (χ1) is 9.76. The maximum atomic E-state index is 12.8. The average Bonchev–Trinajstić information content (AvgIpc) is 2.92. The van der Waals surface area contributed by atoms with Crippen LogP contribution < -0.4 is 0 Å². The van der Waals surface area contributed by atoms with Crippen molar-refractivity contribution in [1.82, 2.24) is 9.80 Å². The minimum Gasteiger partial charge on any atom is -0.481 e. The molecule has 0 radical (unpaired) electrons. The summed E-state index contributed by atoms with van der Waals surface area (Å²) in [5.74, 6) is -1.54. The van der Waals surface area contributed by atoms with Gasteiger partial charge in [-0.1, -0.05) is 13.8 Å². The van der Waals surface area contributed by atoms with Gasteiger partial charge in [0.25, 0.3) is 0 Å². The minimum absolute atomic E-state index is 0.120. The lowest BCUT2D eigenvalue weighted by molar-refractivity contribution is -0.142. The van der Waals surface area contributed by atoms with Crippen molar-refractivity contribution in [2.45, 2.75) is 52.1 Å². The quantitative estimate of drug-likeness (QED) is 0.815. The highest BCUT2D eigenvalue weighted by Gasteiger charge is 2.41. The molecule has 0 aromatic rings. The fourth-order valence-electron chi connectivity index (χ4n) is 2.42. The number of carboxylic acid groups (broad SMARTS) is 1. The van der Waals surface area contributed by atoms with Crippen LogP contribution in [0.4, 0.5) is 4.79 Å². The largest absolute Gasteiger partial charge is 0.481 e. The maximum Gasteiger partial charge on any atom is 0.320 e. The summed E-state index contributed by atoms with van der Waals surface area (Å²) < 4.78 is 5.31. The van der Waals surface area contributed by atoms with Gasteiger partial charge in [0.1, 0.15) is 5.92 Å². The lowest BCUT2D eigenvalue weighted by Gasteiger charge is -2.40. The molecule has 2 amide bonds. The molecular formula is C15H28N2O4. The molecule has 6 nitrogen and oxygen atoms in total. The smallest absolute Gasteiger partial charge is 0.320 e. The molecule has 1 aliphatic rings. The molecule has 1 rings (SSSR count). The van der Waals surface area contributed by atoms with Crippen LogP contribution in [-0.2, 0) is 9.53 Å². The molecule has 2 unspecified atom stereocenters. The number of carbonyl (C=O) groups is 2. The number of rotatable bonds is 6. The predicted octanol–water partition coefficient (Wildman–Crippen LogP) is 2.04. The Bertz CT molecular complexity index is 384. The van der Waals surface area contributed by atoms with Crippen LogP contribution in [0.1, 0.15) is 40.5 Å². The molecule has 1 saturated heterocycles. The zero-order valence-electron chi connectivity index (χ0n) is 13.8. The van der Waals surface area contributed by atoms with Crippen molar-refractivity contribution in [2.75, 3.05) is 26.8 Å². The van der Waals surface area contributed by atoms with E-state index >= 15 is 0 Å². The van der Waals surface area contributed by atoms with E-state index in [9.17, 15) is 14.7 Å². The van der Waals surface area contributed by atoms with Gasteiger partial charge in [-0.3, -0.25) is 4.79 Å². The van der Waals surface area contributed by atoms with Gasteiger partial charge in [0.15, 0.2) is 0 Å².